The molecule has 0 radical (unpaired) electrons. The molecule has 1 heterocycles. The van der Waals surface area contributed by atoms with Crippen LogP contribution < -0.4 is 10.6 Å². The third kappa shape index (κ3) is 2.35. The molecule has 1 saturated carbocycles. The number of nitrogens with one attached hydrogen (secondary N) is 2. The number of rotatable bonds is 3. The van der Waals surface area contributed by atoms with Crippen LogP contribution in [0.5, 0.6) is 0 Å². The van der Waals surface area contributed by atoms with E-state index in [1.165, 1.54) is 0 Å². The van der Waals surface area contributed by atoms with Crippen LogP contribution in [-0.2, 0) is 11.2 Å². The van der Waals surface area contributed by atoms with Crippen molar-refractivity contribution in [3.8, 4) is 0 Å². The molecule has 1 aromatic carbocycles. The molecule has 20 heavy (non-hydrogen) atoms. The van der Waals surface area contributed by atoms with E-state index in [0.29, 0.717) is 12.0 Å². The topological polar surface area (TPSA) is 78.4 Å². The maximum Gasteiger partial charge on any atom is 0.308 e. The highest BCUT2D eigenvalue weighted by molar-refractivity contribution is 5.95. The van der Waals surface area contributed by atoms with Crippen molar-refractivity contribution in [2.24, 2.45) is 5.92 Å². The summed E-state index contributed by atoms with van der Waals surface area (Å²) in [5.41, 5.74) is 2.85. The molecule has 1 fully saturated rings. The van der Waals surface area contributed by atoms with Crippen molar-refractivity contribution in [2.45, 2.75) is 31.7 Å². The van der Waals surface area contributed by atoms with Crippen LogP contribution in [0.3, 0.4) is 0 Å². The first-order chi connectivity index (χ1) is 9.65. The molecule has 0 bridgehead atoms. The molecule has 106 valence electrons. The highest BCUT2D eigenvalue weighted by Gasteiger charge is 2.34. The van der Waals surface area contributed by atoms with E-state index in [2.05, 4.69) is 10.6 Å². The SMILES string of the molecule is O=C(NC1CCCC1C(=O)O)c1ccc2c(c1)CCN2. The second kappa shape index (κ2) is 5.15. The van der Waals surface area contributed by atoms with Crippen molar-refractivity contribution in [2.75, 3.05) is 11.9 Å². The lowest BCUT2D eigenvalue weighted by Crippen LogP contribution is -2.40. The number of carbonyl (C=O) groups is 2. The number of anilines is 1. The van der Waals surface area contributed by atoms with Gasteiger partial charge in [0.1, 0.15) is 0 Å². The molecule has 2 aliphatic rings. The highest BCUT2D eigenvalue weighted by Crippen LogP contribution is 2.27. The third-order valence-corrected chi connectivity index (χ3v) is 4.23. The number of hydrogen-bond donors (Lipinski definition) is 3. The van der Waals surface area contributed by atoms with Crippen molar-refractivity contribution in [1.29, 1.82) is 0 Å². The quantitative estimate of drug-likeness (QED) is 0.783. The Balaban J connectivity index is 1.71. The lowest BCUT2D eigenvalue weighted by molar-refractivity contribution is -0.142. The minimum atomic E-state index is -0.814. The van der Waals surface area contributed by atoms with Crippen molar-refractivity contribution in [3.05, 3.63) is 29.3 Å². The predicted molar refractivity (Wildman–Crippen MR) is 74.9 cm³/mol. The molecular formula is C15H18N2O3. The van der Waals surface area contributed by atoms with Gasteiger partial charge in [-0.1, -0.05) is 6.42 Å². The van der Waals surface area contributed by atoms with Gasteiger partial charge in [0.2, 0.25) is 0 Å². The smallest absolute Gasteiger partial charge is 0.308 e. The largest absolute Gasteiger partial charge is 0.481 e. The minimum Gasteiger partial charge on any atom is -0.481 e. The van der Waals surface area contributed by atoms with Gasteiger partial charge in [0.05, 0.1) is 5.92 Å². The fourth-order valence-electron chi connectivity index (χ4n) is 3.13. The van der Waals surface area contributed by atoms with Crippen molar-refractivity contribution in [3.63, 3.8) is 0 Å². The first-order valence-electron chi connectivity index (χ1n) is 7.05. The Labute approximate surface area is 117 Å². The Morgan fingerprint density at radius 1 is 1.30 bits per heavy atom. The summed E-state index contributed by atoms with van der Waals surface area (Å²) in [6.07, 6.45) is 3.18. The number of aliphatic carboxylic acids is 1. The van der Waals surface area contributed by atoms with Gasteiger partial charge in [-0.2, -0.15) is 0 Å². The van der Waals surface area contributed by atoms with E-state index < -0.39 is 11.9 Å². The zero-order valence-electron chi connectivity index (χ0n) is 11.2. The molecule has 0 aromatic heterocycles. The van der Waals surface area contributed by atoms with E-state index in [4.69, 9.17) is 5.11 Å². The van der Waals surface area contributed by atoms with E-state index in [0.717, 1.165) is 37.1 Å². The van der Waals surface area contributed by atoms with Gasteiger partial charge in [0.15, 0.2) is 0 Å². The van der Waals surface area contributed by atoms with Crippen molar-refractivity contribution >= 4 is 17.6 Å². The predicted octanol–water partition coefficient (Wildman–Crippen LogP) is 1.64. The van der Waals surface area contributed by atoms with Gasteiger partial charge in [-0.15, -0.1) is 0 Å². The van der Waals surface area contributed by atoms with Crippen LogP contribution in [0.25, 0.3) is 0 Å². The van der Waals surface area contributed by atoms with Gasteiger partial charge in [-0.3, -0.25) is 9.59 Å². The normalized spacial score (nSPS) is 24.0. The number of hydrogen-bond acceptors (Lipinski definition) is 3. The highest BCUT2D eigenvalue weighted by atomic mass is 16.4. The molecule has 1 aromatic rings. The second-order valence-corrected chi connectivity index (χ2v) is 5.50. The van der Waals surface area contributed by atoms with Crippen molar-refractivity contribution in [1.82, 2.24) is 5.32 Å². The molecule has 3 N–H and O–H groups in total. The zero-order valence-corrected chi connectivity index (χ0v) is 11.2. The van der Waals surface area contributed by atoms with E-state index in [1.54, 1.807) is 6.07 Å². The maximum absolute atomic E-state index is 12.2. The summed E-state index contributed by atoms with van der Waals surface area (Å²) in [7, 11) is 0. The fourth-order valence-corrected chi connectivity index (χ4v) is 3.13. The summed E-state index contributed by atoms with van der Waals surface area (Å²) in [5, 5.41) is 15.3. The number of carboxylic acid groups (broad SMARTS) is 1. The molecule has 2 unspecified atom stereocenters. The summed E-state index contributed by atoms with van der Waals surface area (Å²) < 4.78 is 0. The van der Waals surface area contributed by atoms with Gasteiger partial charge in [0.25, 0.3) is 5.91 Å². The van der Waals surface area contributed by atoms with Crippen LogP contribution >= 0.6 is 0 Å². The number of amides is 1. The molecule has 1 aliphatic carbocycles. The molecule has 0 saturated heterocycles. The van der Waals surface area contributed by atoms with Crippen LogP contribution in [0.1, 0.15) is 35.2 Å². The van der Waals surface area contributed by atoms with Gasteiger partial charge in [0, 0.05) is 23.8 Å². The molecule has 1 aliphatic heterocycles. The Bertz CT molecular complexity index is 556. The van der Waals surface area contributed by atoms with Crippen LogP contribution in [0, 0.1) is 5.92 Å². The fraction of sp³-hybridized carbons (Fsp3) is 0.467. The summed E-state index contributed by atoms with van der Waals surface area (Å²) >= 11 is 0. The average Bonchev–Trinajstić information content (AvgIpc) is 3.05. The summed E-state index contributed by atoms with van der Waals surface area (Å²) in [5.74, 6) is -1.43. The molecule has 2 atom stereocenters. The van der Waals surface area contributed by atoms with E-state index in [1.807, 2.05) is 12.1 Å². The molecular weight excluding hydrogens is 256 g/mol. The standard InChI is InChI=1S/C15H18N2O3/c18-14(17-13-3-1-2-11(13)15(19)20)10-4-5-12-9(8-10)6-7-16-12/h4-5,8,11,13,16H,1-3,6-7H2,(H,17,18)(H,19,20). The number of carbonyl (C=O) groups excluding carboxylic acids is 1. The lowest BCUT2D eigenvalue weighted by Gasteiger charge is -2.17. The van der Waals surface area contributed by atoms with E-state index in [-0.39, 0.29) is 11.9 Å². The second-order valence-electron chi connectivity index (χ2n) is 5.50. The third-order valence-electron chi connectivity index (χ3n) is 4.23. The first kappa shape index (κ1) is 13.0. The van der Waals surface area contributed by atoms with E-state index in [9.17, 15) is 9.59 Å². The molecule has 1 amide bonds. The minimum absolute atomic E-state index is 0.169. The van der Waals surface area contributed by atoms with Crippen LogP contribution in [0.15, 0.2) is 18.2 Å². The lowest BCUT2D eigenvalue weighted by atomic mass is 10.0. The molecule has 5 heteroatoms. The van der Waals surface area contributed by atoms with Gasteiger partial charge in [-0.25, -0.2) is 0 Å². The number of fused-ring (bicyclic) bond motifs is 1. The van der Waals surface area contributed by atoms with Crippen LogP contribution in [-0.4, -0.2) is 29.6 Å². The molecule has 0 spiro atoms. The van der Waals surface area contributed by atoms with E-state index >= 15 is 0 Å². The maximum atomic E-state index is 12.2. The first-order valence-corrected chi connectivity index (χ1v) is 7.05. The zero-order chi connectivity index (χ0) is 14.1. The van der Waals surface area contributed by atoms with Crippen molar-refractivity contribution < 1.29 is 14.7 Å². The average molecular weight is 274 g/mol. The Hall–Kier alpha value is -2.04. The Morgan fingerprint density at radius 2 is 2.15 bits per heavy atom. The van der Waals surface area contributed by atoms with Gasteiger partial charge >= 0.3 is 5.97 Å². The number of carboxylic acids is 1. The summed E-state index contributed by atoms with van der Waals surface area (Å²) in [4.78, 5) is 23.4. The Morgan fingerprint density at radius 3 is 2.95 bits per heavy atom. The monoisotopic (exact) mass is 274 g/mol. The molecule has 3 rings (SSSR count). The Kier molecular flexibility index (Phi) is 3.34. The number of benzene rings is 1. The molecule has 5 nitrogen and oxygen atoms in total. The summed E-state index contributed by atoms with van der Waals surface area (Å²) in [6, 6.07) is 5.36. The van der Waals surface area contributed by atoms with Gasteiger partial charge < -0.3 is 15.7 Å². The van der Waals surface area contributed by atoms with Gasteiger partial charge in [-0.05, 0) is 43.0 Å². The summed E-state index contributed by atoms with van der Waals surface area (Å²) in [6.45, 7) is 0.907. The van der Waals surface area contributed by atoms with Crippen LogP contribution in [0.4, 0.5) is 5.69 Å². The van der Waals surface area contributed by atoms with Crippen LogP contribution in [0.2, 0.25) is 0 Å².